The van der Waals surface area contributed by atoms with Crippen LogP contribution in [0.4, 0.5) is 0 Å². The molecule has 1 atom stereocenters. The van der Waals surface area contributed by atoms with Crippen LogP contribution in [0.1, 0.15) is 31.7 Å². The van der Waals surface area contributed by atoms with Crippen molar-refractivity contribution in [3.63, 3.8) is 0 Å². The summed E-state index contributed by atoms with van der Waals surface area (Å²) >= 11 is 0. The van der Waals surface area contributed by atoms with E-state index < -0.39 is 0 Å². The normalized spacial score (nSPS) is 18.6. The highest BCUT2D eigenvalue weighted by atomic mass is 16.6. The molecule has 1 aliphatic heterocycles. The second kappa shape index (κ2) is 8.47. The minimum absolute atomic E-state index is 0.0480. The van der Waals surface area contributed by atoms with Gasteiger partial charge in [-0.2, -0.15) is 0 Å². The molecule has 4 heteroatoms. The summed E-state index contributed by atoms with van der Waals surface area (Å²) < 4.78 is 16.2. The van der Waals surface area contributed by atoms with Crippen molar-refractivity contribution in [2.45, 2.75) is 32.3 Å². The Morgan fingerprint density at radius 3 is 3.00 bits per heavy atom. The molecule has 0 spiro atoms. The minimum atomic E-state index is -0.351. The van der Waals surface area contributed by atoms with Gasteiger partial charge in [-0.05, 0) is 38.3 Å². The van der Waals surface area contributed by atoms with Gasteiger partial charge in [0.2, 0.25) is 0 Å². The van der Waals surface area contributed by atoms with Gasteiger partial charge in [-0.15, -0.1) is 0 Å². The summed E-state index contributed by atoms with van der Waals surface area (Å²) in [5, 5.41) is 0. The van der Waals surface area contributed by atoms with Crippen molar-refractivity contribution in [1.29, 1.82) is 0 Å². The maximum Gasteiger partial charge on any atom is 0.330 e. The first-order valence-corrected chi connectivity index (χ1v) is 7.48. The Bertz CT molecular complexity index is 475. The molecule has 4 nitrogen and oxygen atoms in total. The van der Waals surface area contributed by atoms with Crippen LogP contribution in [0.3, 0.4) is 0 Å². The molecule has 1 aromatic carbocycles. The van der Waals surface area contributed by atoms with Crippen LogP contribution in [0, 0.1) is 0 Å². The molecule has 0 N–H and O–H groups in total. The fourth-order valence-corrected chi connectivity index (χ4v) is 2.23. The molecule has 1 aliphatic rings. The van der Waals surface area contributed by atoms with E-state index in [1.807, 2.05) is 31.2 Å². The smallest absolute Gasteiger partial charge is 0.330 e. The van der Waals surface area contributed by atoms with E-state index in [9.17, 15) is 4.79 Å². The standard InChI is InChI=1S/C17H22O4/c1-2-19-16-9-4-3-7-14(16)10-11-17(18)21-13-15-8-5-6-12-20-15/h3-4,7,9-11,15H,2,5-6,8,12-13H2,1H3. The number of ether oxygens (including phenoxy) is 3. The summed E-state index contributed by atoms with van der Waals surface area (Å²) in [6.07, 6.45) is 6.39. The van der Waals surface area contributed by atoms with Gasteiger partial charge in [-0.25, -0.2) is 4.79 Å². The fraction of sp³-hybridized carbons (Fsp3) is 0.471. The SMILES string of the molecule is CCOc1ccccc1C=CC(=O)OCC1CCCCO1. The molecule has 0 saturated carbocycles. The Kier molecular flexibility index (Phi) is 6.28. The highest BCUT2D eigenvalue weighted by molar-refractivity contribution is 5.87. The Labute approximate surface area is 125 Å². The van der Waals surface area contributed by atoms with Crippen LogP contribution in [-0.4, -0.2) is 31.9 Å². The van der Waals surface area contributed by atoms with Crippen molar-refractivity contribution in [3.8, 4) is 5.75 Å². The van der Waals surface area contributed by atoms with E-state index in [0.717, 1.165) is 37.2 Å². The lowest BCUT2D eigenvalue weighted by molar-refractivity contribution is -0.143. The van der Waals surface area contributed by atoms with E-state index in [4.69, 9.17) is 14.2 Å². The molecule has 1 unspecified atom stereocenters. The van der Waals surface area contributed by atoms with Gasteiger partial charge in [0.25, 0.3) is 0 Å². The zero-order valence-electron chi connectivity index (χ0n) is 12.4. The monoisotopic (exact) mass is 290 g/mol. The Balaban J connectivity index is 1.83. The third-order valence-corrected chi connectivity index (χ3v) is 3.30. The highest BCUT2D eigenvalue weighted by Gasteiger charge is 2.15. The number of hydrogen-bond acceptors (Lipinski definition) is 4. The van der Waals surface area contributed by atoms with Crippen molar-refractivity contribution >= 4 is 12.0 Å². The first kappa shape index (κ1) is 15.6. The van der Waals surface area contributed by atoms with E-state index in [1.165, 1.54) is 6.08 Å². The van der Waals surface area contributed by atoms with Gasteiger partial charge in [-0.3, -0.25) is 0 Å². The van der Waals surface area contributed by atoms with Gasteiger partial charge in [0.1, 0.15) is 12.4 Å². The lowest BCUT2D eigenvalue weighted by Gasteiger charge is -2.21. The quantitative estimate of drug-likeness (QED) is 0.596. The van der Waals surface area contributed by atoms with Crippen molar-refractivity contribution in [2.24, 2.45) is 0 Å². The molecule has 2 rings (SSSR count). The molecule has 0 aliphatic carbocycles. The minimum Gasteiger partial charge on any atom is -0.493 e. The average molecular weight is 290 g/mol. The molecular formula is C17H22O4. The van der Waals surface area contributed by atoms with E-state index in [-0.39, 0.29) is 12.1 Å². The lowest BCUT2D eigenvalue weighted by atomic mass is 10.1. The van der Waals surface area contributed by atoms with Crippen molar-refractivity contribution < 1.29 is 19.0 Å². The maximum absolute atomic E-state index is 11.7. The molecule has 0 aromatic heterocycles. The number of esters is 1. The Morgan fingerprint density at radius 2 is 2.24 bits per heavy atom. The predicted octanol–water partition coefficient (Wildman–Crippen LogP) is 3.21. The second-order valence-electron chi connectivity index (χ2n) is 4.92. The summed E-state index contributed by atoms with van der Waals surface area (Å²) in [6.45, 7) is 3.61. The van der Waals surface area contributed by atoms with Gasteiger partial charge in [0.05, 0.1) is 12.7 Å². The van der Waals surface area contributed by atoms with Crippen LogP contribution < -0.4 is 4.74 Å². The first-order chi connectivity index (χ1) is 10.3. The molecule has 21 heavy (non-hydrogen) atoms. The number of carbonyl (C=O) groups is 1. The van der Waals surface area contributed by atoms with Gasteiger partial charge in [0.15, 0.2) is 0 Å². The summed E-state index contributed by atoms with van der Waals surface area (Å²) in [4.78, 5) is 11.7. The van der Waals surface area contributed by atoms with Crippen LogP contribution in [-0.2, 0) is 14.3 Å². The van der Waals surface area contributed by atoms with Gasteiger partial charge in [-0.1, -0.05) is 18.2 Å². The van der Waals surface area contributed by atoms with E-state index >= 15 is 0 Å². The van der Waals surface area contributed by atoms with Crippen LogP contribution in [0.25, 0.3) is 6.08 Å². The molecular weight excluding hydrogens is 268 g/mol. The topological polar surface area (TPSA) is 44.8 Å². The third-order valence-electron chi connectivity index (χ3n) is 3.30. The largest absolute Gasteiger partial charge is 0.493 e. The lowest BCUT2D eigenvalue weighted by Crippen LogP contribution is -2.25. The molecule has 1 fully saturated rings. The molecule has 1 heterocycles. The van der Waals surface area contributed by atoms with Crippen LogP contribution in [0.2, 0.25) is 0 Å². The van der Waals surface area contributed by atoms with Crippen LogP contribution in [0.5, 0.6) is 5.75 Å². The predicted molar refractivity (Wildman–Crippen MR) is 81.2 cm³/mol. The number of carbonyl (C=O) groups excluding carboxylic acids is 1. The van der Waals surface area contributed by atoms with Crippen molar-refractivity contribution in [3.05, 3.63) is 35.9 Å². The van der Waals surface area contributed by atoms with Crippen LogP contribution >= 0.6 is 0 Å². The zero-order valence-corrected chi connectivity index (χ0v) is 12.4. The maximum atomic E-state index is 11.7. The average Bonchev–Trinajstić information content (AvgIpc) is 2.53. The number of rotatable bonds is 6. The van der Waals surface area contributed by atoms with E-state index in [1.54, 1.807) is 6.08 Å². The van der Waals surface area contributed by atoms with Crippen molar-refractivity contribution in [1.82, 2.24) is 0 Å². The number of hydrogen-bond donors (Lipinski definition) is 0. The zero-order chi connectivity index (χ0) is 14.9. The van der Waals surface area contributed by atoms with E-state index in [2.05, 4.69) is 0 Å². The molecule has 0 radical (unpaired) electrons. The molecule has 1 aromatic rings. The number of para-hydroxylation sites is 1. The molecule has 1 saturated heterocycles. The van der Waals surface area contributed by atoms with Gasteiger partial charge in [0, 0.05) is 18.2 Å². The Hall–Kier alpha value is -1.81. The first-order valence-electron chi connectivity index (χ1n) is 7.48. The fourth-order valence-electron chi connectivity index (χ4n) is 2.23. The summed E-state index contributed by atoms with van der Waals surface area (Å²) in [6, 6.07) is 7.59. The van der Waals surface area contributed by atoms with E-state index in [0.29, 0.717) is 13.2 Å². The second-order valence-corrected chi connectivity index (χ2v) is 4.92. The summed E-state index contributed by atoms with van der Waals surface area (Å²) in [5.74, 6) is 0.412. The summed E-state index contributed by atoms with van der Waals surface area (Å²) in [5.41, 5.74) is 0.866. The van der Waals surface area contributed by atoms with Crippen molar-refractivity contribution in [2.75, 3.05) is 19.8 Å². The number of benzene rings is 1. The molecule has 114 valence electrons. The molecule has 0 amide bonds. The Morgan fingerprint density at radius 1 is 1.38 bits per heavy atom. The van der Waals surface area contributed by atoms with Gasteiger partial charge < -0.3 is 14.2 Å². The highest BCUT2D eigenvalue weighted by Crippen LogP contribution is 2.19. The summed E-state index contributed by atoms with van der Waals surface area (Å²) in [7, 11) is 0. The molecule has 0 bridgehead atoms. The van der Waals surface area contributed by atoms with Gasteiger partial charge >= 0.3 is 5.97 Å². The van der Waals surface area contributed by atoms with Crippen LogP contribution in [0.15, 0.2) is 30.3 Å². The third kappa shape index (κ3) is 5.23.